The smallest absolute Gasteiger partial charge is 0.322 e. The van der Waals surface area contributed by atoms with Crippen molar-refractivity contribution in [3.63, 3.8) is 0 Å². The molecule has 1 aromatic rings. The van der Waals surface area contributed by atoms with E-state index in [1.54, 1.807) is 12.1 Å². The number of nitrogens with one attached hydrogen (secondary N) is 1. The van der Waals surface area contributed by atoms with E-state index in [2.05, 4.69) is 5.32 Å². The summed E-state index contributed by atoms with van der Waals surface area (Å²) in [5.41, 5.74) is 1.79. The minimum Gasteiger partial charge on any atom is -0.480 e. The second-order valence-electron chi connectivity index (χ2n) is 4.68. The van der Waals surface area contributed by atoms with Crippen molar-refractivity contribution >= 4 is 11.9 Å². The van der Waals surface area contributed by atoms with Gasteiger partial charge in [0.1, 0.15) is 6.54 Å². The molecule has 1 aliphatic carbocycles. The molecular formula is C14H17NO3. The Morgan fingerprint density at radius 3 is 2.33 bits per heavy atom. The molecule has 1 aromatic carbocycles. The molecule has 2 N–H and O–H groups in total. The molecule has 2 rings (SSSR count). The molecule has 18 heavy (non-hydrogen) atoms. The molecule has 0 radical (unpaired) electrons. The van der Waals surface area contributed by atoms with E-state index in [0.29, 0.717) is 11.5 Å². The first kappa shape index (κ1) is 12.6. The quantitative estimate of drug-likeness (QED) is 0.856. The molecular weight excluding hydrogens is 230 g/mol. The van der Waals surface area contributed by atoms with Crippen LogP contribution in [0.1, 0.15) is 47.5 Å². The minimum atomic E-state index is -1.04. The number of hydrogen-bond acceptors (Lipinski definition) is 2. The number of amides is 1. The van der Waals surface area contributed by atoms with E-state index in [-0.39, 0.29) is 12.5 Å². The van der Waals surface area contributed by atoms with Crippen LogP contribution in [0.4, 0.5) is 0 Å². The van der Waals surface area contributed by atoms with Gasteiger partial charge < -0.3 is 10.4 Å². The van der Waals surface area contributed by atoms with Gasteiger partial charge in [-0.05, 0) is 36.5 Å². The fourth-order valence-corrected chi connectivity index (χ4v) is 2.42. The van der Waals surface area contributed by atoms with Crippen LogP contribution < -0.4 is 5.32 Å². The maximum absolute atomic E-state index is 11.6. The molecule has 0 spiro atoms. The summed E-state index contributed by atoms with van der Waals surface area (Å²) in [5, 5.41) is 10.8. The van der Waals surface area contributed by atoms with Crippen LogP contribution in [0.3, 0.4) is 0 Å². The fourth-order valence-electron chi connectivity index (χ4n) is 2.42. The summed E-state index contributed by atoms with van der Waals surface area (Å²) in [6.45, 7) is -0.344. The number of carboxylic acids is 1. The Balaban J connectivity index is 1.98. The van der Waals surface area contributed by atoms with Crippen molar-refractivity contribution in [1.29, 1.82) is 0 Å². The van der Waals surface area contributed by atoms with Gasteiger partial charge in [-0.25, -0.2) is 0 Å². The van der Waals surface area contributed by atoms with E-state index < -0.39 is 5.97 Å². The standard InChI is InChI=1S/C14H17NO3/c16-13(17)9-15-14(18)12-7-5-11(6-8-12)10-3-1-2-4-10/h5-8,10H,1-4,9H2,(H,15,18)(H,16,17). The molecule has 0 heterocycles. The minimum absolute atomic E-state index is 0.338. The summed E-state index contributed by atoms with van der Waals surface area (Å²) >= 11 is 0. The molecule has 0 bridgehead atoms. The van der Waals surface area contributed by atoms with Gasteiger partial charge in [-0.2, -0.15) is 0 Å². The van der Waals surface area contributed by atoms with Crippen LogP contribution in [0.25, 0.3) is 0 Å². The second-order valence-corrected chi connectivity index (χ2v) is 4.68. The fraction of sp³-hybridized carbons (Fsp3) is 0.429. The van der Waals surface area contributed by atoms with Crippen molar-refractivity contribution in [2.75, 3.05) is 6.54 Å². The lowest BCUT2D eigenvalue weighted by atomic mass is 9.96. The lowest BCUT2D eigenvalue weighted by Crippen LogP contribution is -2.29. The van der Waals surface area contributed by atoms with Crippen LogP contribution in [-0.2, 0) is 4.79 Å². The third-order valence-electron chi connectivity index (χ3n) is 3.40. The summed E-state index contributed by atoms with van der Waals surface area (Å²) in [6.07, 6.45) is 5.02. The summed E-state index contributed by atoms with van der Waals surface area (Å²) in [6, 6.07) is 7.49. The van der Waals surface area contributed by atoms with Gasteiger partial charge in [0.2, 0.25) is 0 Å². The van der Waals surface area contributed by atoms with Gasteiger partial charge in [0, 0.05) is 5.56 Å². The number of benzene rings is 1. The summed E-state index contributed by atoms with van der Waals surface area (Å²) in [7, 11) is 0. The van der Waals surface area contributed by atoms with Gasteiger partial charge in [0.05, 0.1) is 0 Å². The van der Waals surface area contributed by atoms with Gasteiger partial charge in [0.25, 0.3) is 5.91 Å². The topological polar surface area (TPSA) is 66.4 Å². The first-order valence-corrected chi connectivity index (χ1v) is 6.27. The predicted molar refractivity (Wildman–Crippen MR) is 67.6 cm³/mol. The van der Waals surface area contributed by atoms with Crippen molar-refractivity contribution in [3.05, 3.63) is 35.4 Å². The molecule has 1 saturated carbocycles. The Hall–Kier alpha value is -1.84. The van der Waals surface area contributed by atoms with E-state index in [1.807, 2.05) is 12.1 Å². The molecule has 4 nitrogen and oxygen atoms in total. The zero-order chi connectivity index (χ0) is 13.0. The van der Waals surface area contributed by atoms with Crippen molar-refractivity contribution < 1.29 is 14.7 Å². The zero-order valence-electron chi connectivity index (χ0n) is 10.2. The van der Waals surface area contributed by atoms with Crippen LogP contribution in [0.15, 0.2) is 24.3 Å². The average molecular weight is 247 g/mol. The van der Waals surface area contributed by atoms with E-state index in [4.69, 9.17) is 5.11 Å². The Bertz CT molecular complexity index is 433. The zero-order valence-corrected chi connectivity index (χ0v) is 10.2. The number of hydrogen-bond donors (Lipinski definition) is 2. The Kier molecular flexibility index (Phi) is 3.97. The highest BCUT2D eigenvalue weighted by Crippen LogP contribution is 2.33. The molecule has 1 aliphatic rings. The normalized spacial score (nSPS) is 15.6. The Labute approximate surface area is 106 Å². The van der Waals surface area contributed by atoms with Gasteiger partial charge in [-0.15, -0.1) is 0 Å². The van der Waals surface area contributed by atoms with Crippen LogP contribution in [-0.4, -0.2) is 23.5 Å². The number of carboxylic acid groups (broad SMARTS) is 1. The van der Waals surface area contributed by atoms with E-state index in [0.717, 1.165) is 0 Å². The van der Waals surface area contributed by atoms with E-state index in [1.165, 1.54) is 31.2 Å². The van der Waals surface area contributed by atoms with Gasteiger partial charge >= 0.3 is 5.97 Å². The lowest BCUT2D eigenvalue weighted by molar-refractivity contribution is -0.135. The molecule has 0 aliphatic heterocycles. The van der Waals surface area contributed by atoms with Crippen LogP contribution >= 0.6 is 0 Å². The number of rotatable bonds is 4. The summed E-state index contributed by atoms with van der Waals surface area (Å²) in [5.74, 6) is -0.748. The number of aliphatic carboxylic acids is 1. The second kappa shape index (κ2) is 5.67. The molecule has 4 heteroatoms. The highest BCUT2D eigenvalue weighted by Gasteiger charge is 2.17. The van der Waals surface area contributed by atoms with Crippen molar-refractivity contribution in [2.45, 2.75) is 31.6 Å². The third kappa shape index (κ3) is 3.09. The third-order valence-corrected chi connectivity index (χ3v) is 3.40. The monoisotopic (exact) mass is 247 g/mol. The average Bonchev–Trinajstić information content (AvgIpc) is 2.90. The molecule has 96 valence electrons. The molecule has 0 aromatic heterocycles. The van der Waals surface area contributed by atoms with Crippen LogP contribution in [0, 0.1) is 0 Å². The lowest BCUT2D eigenvalue weighted by Gasteiger charge is -2.10. The Morgan fingerprint density at radius 2 is 1.78 bits per heavy atom. The number of carbonyl (C=O) groups is 2. The maximum Gasteiger partial charge on any atom is 0.322 e. The van der Waals surface area contributed by atoms with Gasteiger partial charge in [-0.3, -0.25) is 9.59 Å². The maximum atomic E-state index is 11.6. The summed E-state index contributed by atoms with van der Waals surface area (Å²) < 4.78 is 0. The SMILES string of the molecule is O=C(O)CNC(=O)c1ccc(C2CCCC2)cc1. The molecule has 1 fully saturated rings. The van der Waals surface area contributed by atoms with Crippen LogP contribution in [0.2, 0.25) is 0 Å². The van der Waals surface area contributed by atoms with Crippen molar-refractivity contribution in [3.8, 4) is 0 Å². The molecule has 1 amide bonds. The first-order chi connectivity index (χ1) is 8.66. The highest BCUT2D eigenvalue weighted by molar-refractivity contribution is 5.95. The van der Waals surface area contributed by atoms with Gasteiger partial charge in [0.15, 0.2) is 0 Å². The predicted octanol–water partition coefficient (Wildman–Crippen LogP) is 2.16. The Morgan fingerprint density at radius 1 is 1.17 bits per heavy atom. The summed E-state index contributed by atoms with van der Waals surface area (Å²) in [4.78, 5) is 22.0. The van der Waals surface area contributed by atoms with Crippen LogP contribution in [0.5, 0.6) is 0 Å². The van der Waals surface area contributed by atoms with Crippen molar-refractivity contribution in [1.82, 2.24) is 5.32 Å². The number of carbonyl (C=O) groups excluding carboxylic acids is 1. The first-order valence-electron chi connectivity index (χ1n) is 6.27. The molecule has 0 atom stereocenters. The highest BCUT2D eigenvalue weighted by atomic mass is 16.4. The van der Waals surface area contributed by atoms with E-state index >= 15 is 0 Å². The van der Waals surface area contributed by atoms with Gasteiger partial charge in [-0.1, -0.05) is 25.0 Å². The van der Waals surface area contributed by atoms with Crippen molar-refractivity contribution in [2.24, 2.45) is 0 Å². The van der Waals surface area contributed by atoms with E-state index in [9.17, 15) is 9.59 Å². The largest absolute Gasteiger partial charge is 0.480 e. The molecule has 0 saturated heterocycles. The molecule has 0 unspecified atom stereocenters.